The number of nitrogens with one attached hydrogen (secondary N) is 1. The number of benzene rings is 1. The Balaban J connectivity index is 2.03. The molecule has 158 valence electrons. The van der Waals surface area contributed by atoms with Crippen molar-refractivity contribution in [1.82, 2.24) is 9.55 Å². The number of rotatable bonds is 6. The number of aliphatic hydroxyl groups excluding tert-OH is 2. The van der Waals surface area contributed by atoms with Crippen LogP contribution < -0.4 is 16.0 Å². The monoisotopic (exact) mass is 428 g/mol. The van der Waals surface area contributed by atoms with Gasteiger partial charge in [-0.3, -0.25) is 18.9 Å². The van der Waals surface area contributed by atoms with Gasteiger partial charge in [-0.1, -0.05) is 12.1 Å². The third-order valence-electron chi connectivity index (χ3n) is 4.64. The van der Waals surface area contributed by atoms with Gasteiger partial charge in [-0.15, -0.1) is 0 Å². The molecule has 1 aromatic carbocycles. The van der Waals surface area contributed by atoms with Gasteiger partial charge in [0.1, 0.15) is 18.0 Å². The van der Waals surface area contributed by atoms with Crippen LogP contribution in [-0.2, 0) is 9.30 Å². The maximum absolute atomic E-state index is 12.5. The van der Waals surface area contributed by atoms with Crippen molar-refractivity contribution in [2.24, 2.45) is 0 Å². The first-order valence-corrected chi connectivity index (χ1v) is 10.5. The number of hydrogen-bond donors (Lipinski definition) is 5. The number of methoxy groups -OCH3 is 1. The molecule has 0 saturated carbocycles. The second-order valence-electron chi connectivity index (χ2n) is 6.65. The number of hydrogen-bond acceptors (Lipinski definition) is 7. The fraction of sp³-hybridized carbons (Fsp3) is 0.412. The van der Waals surface area contributed by atoms with Gasteiger partial charge < -0.3 is 29.5 Å². The van der Waals surface area contributed by atoms with Crippen LogP contribution >= 0.6 is 7.60 Å². The first-order chi connectivity index (χ1) is 13.6. The minimum atomic E-state index is -4.34. The van der Waals surface area contributed by atoms with E-state index in [2.05, 4.69) is 4.98 Å². The Morgan fingerprint density at radius 1 is 1.21 bits per heavy atom. The van der Waals surface area contributed by atoms with E-state index in [0.29, 0.717) is 11.3 Å². The third kappa shape index (κ3) is 4.67. The number of H-pyrrole nitrogens is 1. The molecule has 1 aromatic heterocycles. The zero-order valence-electron chi connectivity index (χ0n) is 15.3. The Hall–Kier alpha value is -2.27. The Labute approximate surface area is 164 Å². The summed E-state index contributed by atoms with van der Waals surface area (Å²) in [4.78, 5) is 44.6. The summed E-state index contributed by atoms with van der Waals surface area (Å²) in [5.74, 6) is 0.467. The topological polar surface area (TPSA) is 171 Å². The van der Waals surface area contributed by atoms with Crippen LogP contribution in [0.3, 0.4) is 0 Å². The molecule has 2 aromatic rings. The highest BCUT2D eigenvalue weighted by molar-refractivity contribution is 7.51. The van der Waals surface area contributed by atoms with Gasteiger partial charge in [0.15, 0.2) is 6.23 Å². The Bertz CT molecular complexity index is 1040. The second kappa shape index (κ2) is 8.23. The number of nitrogens with zero attached hydrogens (tertiary/aromatic N) is 1. The summed E-state index contributed by atoms with van der Waals surface area (Å²) in [7, 11) is -2.89. The molecular weight excluding hydrogens is 407 g/mol. The van der Waals surface area contributed by atoms with Crippen molar-refractivity contribution >= 4 is 7.60 Å². The minimum Gasteiger partial charge on any atom is -0.497 e. The molecule has 0 spiro atoms. The van der Waals surface area contributed by atoms with Crippen molar-refractivity contribution in [3.63, 3.8) is 0 Å². The Morgan fingerprint density at radius 3 is 2.59 bits per heavy atom. The smallest absolute Gasteiger partial charge is 0.331 e. The fourth-order valence-electron chi connectivity index (χ4n) is 3.24. The zero-order valence-corrected chi connectivity index (χ0v) is 16.2. The molecule has 1 aliphatic rings. The summed E-state index contributed by atoms with van der Waals surface area (Å²) >= 11 is 0. The van der Waals surface area contributed by atoms with Crippen LogP contribution in [0, 0.1) is 0 Å². The van der Waals surface area contributed by atoms with Gasteiger partial charge in [0, 0.05) is 11.6 Å². The SMILES string of the molecule is COc1cccc(-c2cc(=O)[nH]c(=O)n2[C@@H]2O[C@H](CCP(=O)(O)O)[C@@H](O)[C@H]2O)c1. The summed E-state index contributed by atoms with van der Waals surface area (Å²) in [5, 5.41) is 20.7. The lowest BCUT2D eigenvalue weighted by molar-refractivity contribution is -0.0394. The summed E-state index contributed by atoms with van der Waals surface area (Å²) in [5.41, 5.74) is -1.00. The molecule has 0 aliphatic carbocycles. The minimum absolute atomic E-state index is 0.115. The van der Waals surface area contributed by atoms with E-state index in [4.69, 9.17) is 19.3 Å². The maximum Gasteiger partial charge on any atom is 0.331 e. The average molecular weight is 428 g/mol. The van der Waals surface area contributed by atoms with E-state index in [1.165, 1.54) is 7.11 Å². The quantitative estimate of drug-likeness (QED) is 0.377. The molecule has 1 saturated heterocycles. The average Bonchev–Trinajstić information content (AvgIpc) is 2.93. The molecule has 3 rings (SSSR count). The van der Waals surface area contributed by atoms with E-state index < -0.39 is 49.5 Å². The number of aromatic amines is 1. The normalized spacial score (nSPS) is 24.6. The van der Waals surface area contributed by atoms with E-state index in [1.807, 2.05) is 0 Å². The molecule has 4 atom stereocenters. The first kappa shape index (κ1) is 21.4. The molecule has 5 N–H and O–H groups in total. The summed E-state index contributed by atoms with van der Waals surface area (Å²) in [6.45, 7) is 0. The van der Waals surface area contributed by atoms with Crippen LogP contribution in [-0.4, -0.2) is 61.1 Å². The number of aromatic nitrogens is 2. The summed E-state index contributed by atoms with van der Waals surface area (Å²) < 4.78 is 22.8. The van der Waals surface area contributed by atoms with Gasteiger partial charge in [-0.25, -0.2) is 4.79 Å². The predicted molar refractivity (Wildman–Crippen MR) is 101 cm³/mol. The van der Waals surface area contributed by atoms with Crippen molar-refractivity contribution in [1.29, 1.82) is 0 Å². The molecule has 0 amide bonds. The molecule has 0 radical (unpaired) electrons. The molecule has 1 fully saturated rings. The summed E-state index contributed by atoms with van der Waals surface area (Å²) in [6.07, 6.45) is -6.33. The summed E-state index contributed by atoms with van der Waals surface area (Å²) in [6, 6.07) is 7.65. The van der Waals surface area contributed by atoms with Gasteiger partial charge >= 0.3 is 13.3 Å². The van der Waals surface area contributed by atoms with Crippen LogP contribution in [0.1, 0.15) is 12.6 Å². The predicted octanol–water partition coefficient (Wildman–Crippen LogP) is -0.601. The van der Waals surface area contributed by atoms with Crippen LogP contribution in [0.2, 0.25) is 0 Å². The highest BCUT2D eigenvalue weighted by Crippen LogP contribution is 2.39. The van der Waals surface area contributed by atoms with Crippen LogP contribution in [0.5, 0.6) is 5.75 Å². The van der Waals surface area contributed by atoms with Crippen molar-refractivity contribution in [3.05, 3.63) is 51.2 Å². The Kier molecular flexibility index (Phi) is 6.08. The molecule has 0 unspecified atom stereocenters. The van der Waals surface area contributed by atoms with Gasteiger partial charge in [-0.2, -0.15) is 0 Å². The van der Waals surface area contributed by atoms with Gasteiger partial charge in [-0.05, 0) is 18.6 Å². The van der Waals surface area contributed by atoms with E-state index in [1.54, 1.807) is 24.3 Å². The van der Waals surface area contributed by atoms with E-state index >= 15 is 0 Å². The lowest BCUT2D eigenvalue weighted by atomic mass is 10.1. The molecule has 1 aliphatic heterocycles. The van der Waals surface area contributed by atoms with Crippen LogP contribution in [0.25, 0.3) is 11.3 Å². The Morgan fingerprint density at radius 2 is 1.93 bits per heavy atom. The number of aliphatic hydroxyl groups is 2. The lowest BCUT2D eigenvalue weighted by Gasteiger charge is -2.21. The first-order valence-electron chi connectivity index (χ1n) is 8.67. The van der Waals surface area contributed by atoms with E-state index in [9.17, 15) is 24.4 Å². The molecule has 12 heteroatoms. The highest BCUT2D eigenvalue weighted by Gasteiger charge is 2.45. The fourth-order valence-corrected chi connectivity index (χ4v) is 3.83. The second-order valence-corrected chi connectivity index (χ2v) is 8.43. The van der Waals surface area contributed by atoms with Crippen molar-refractivity contribution < 1.29 is 34.0 Å². The van der Waals surface area contributed by atoms with Gasteiger partial charge in [0.05, 0.1) is 25.1 Å². The van der Waals surface area contributed by atoms with E-state index in [0.717, 1.165) is 10.6 Å². The number of ether oxygens (including phenoxy) is 2. The van der Waals surface area contributed by atoms with Gasteiger partial charge in [0.25, 0.3) is 5.56 Å². The van der Waals surface area contributed by atoms with Crippen LogP contribution in [0.15, 0.2) is 39.9 Å². The van der Waals surface area contributed by atoms with Crippen LogP contribution in [0.4, 0.5) is 0 Å². The third-order valence-corrected chi connectivity index (χ3v) is 5.48. The molecule has 0 bridgehead atoms. The van der Waals surface area contributed by atoms with E-state index in [-0.39, 0.29) is 12.1 Å². The maximum atomic E-state index is 12.5. The van der Waals surface area contributed by atoms with Crippen molar-refractivity contribution in [3.8, 4) is 17.0 Å². The molecule has 11 nitrogen and oxygen atoms in total. The van der Waals surface area contributed by atoms with Crippen molar-refractivity contribution in [2.75, 3.05) is 13.3 Å². The lowest BCUT2D eigenvalue weighted by Crippen LogP contribution is -2.38. The van der Waals surface area contributed by atoms with Gasteiger partial charge in [0.2, 0.25) is 0 Å². The standard InChI is InChI=1S/C17H21N2O9P/c1-27-10-4-2-3-9(7-10)11-8-13(20)18-17(23)19(11)16-15(22)14(21)12(28-16)5-6-29(24,25)26/h2-4,7-8,12,14-16,21-22H,5-6H2,1H3,(H,18,20,23)(H2,24,25,26)/t12-,14-,15-,16-/m1/s1. The molecular formula is C17H21N2O9P. The zero-order chi connectivity index (χ0) is 21.3. The molecule has 2 heterocycles. The highest BCUT2D eigenvalue weighted by atomic mass is 31.2. The molecule has 29 heavy (non-hydrogen) atoms. The van der Waals surface area contributed by atoms with Crippen molar-refractivity contribution in [2.45, 2.75) is 31.0 Å². The largest absolute Gasteiger partial charge is 0.497 e.